The molecule has 3 aliphatic rings. The first-order valence-corrected chi connectivity index (χ1v) is 16.2. The maximum Gasteiger partial charge on any atom is 0.333 e. The molecule has 0 radical (unpaired) electrons. The maximum absolute atomic E-state index is 13.8. The molecular weight excluding hydrogens is 588 g/mol. The summed E-state index contributed by atoms with van der Waals surface area (Å²) in [4.78, 5) is 18.3. The monoisotopic (exact) mass is 621 g/mol. The van der Waals surface area contributed by atoms with Crippen molar-refractivity contribution in [2.24, 2.45) is 16.8 Å². The average Bonchev–Trinajstić information content (AvgIpc) is 3.79. The molecule has 6 rings (SSSR count). The maximum atomic E-state index is 13.8. The van der Waals surface area contributed by atoms with E-state index in [1.54, 1.807) is 25.5 Å². The van der Waals surface area contributed by atoms with Gasteiger partial charge in [0.15, 0.2) is 10.8 Å². The van der Waals surface area contributed by atoms with Crippen molar-refractivity contribution in [1.29, 1.82) is 0 Å². The van der Waals surface area contributed by atoms with Gasteiger partial charge in [-0.2, -0.15) is 31.3 Å². The molecule has 3 N–H and O–H groups in total. The van der Waals surface area contributed by atoms with Gasteiger partial charge in [-0.15, -0.1) is 11.3 Å². The molecule has 2 aliphatic heterocycles. The molecule has 2 fully saturated rings. The minimum atomic E-state index is -3.96. The molecule has 0 aromatic carbocycles. The first-order chi connectivity index (χ1) is 20.1. The Bertz CT molecular complexity index is 1570. The van der Waals surface area contributed by atoms with E-state index in [2.05, 4.69) is 24.8 Å². The molecule has 3 aromatic heterocycles. The lowest BCUT2D eigenvalue weighted by Crippen LogP contribution is -2.50. The third-order valence-electron chi connectivity index (χ3n) is 8.53. The summed E-state index contributed by atoms with van der Waals surface area (Å²) >= 11 is 1.42. The van der Waals surface area contributed by atoms with Gasteiger partial charge in [0.05, 0.1) is 12.2 Å². The van der Waals surface area contributed by atoms with Crippen LogP contribution < -0.4 is 4.72 Å². The quantitative estimate of drug-likeness (QED) is 0.316. The lowest BCUT2D eigenvalue weighted by Gasteiger charge is -2.35. The Morgan fingerprint density at radius 2 is 2.14 bits per heavy atom. The van der Waals surface area contributed by atoms with Crippen LogP contribution in [-0.2, 0) is 15.8 Å². The third kappa shape index (κ3) is 5.08. The Hall–Kier alpha value is -3.05. The minimum absolute atomic E-state index is 0.0868. The summed E-state index contributed by atoms with van der Waals surface area (Å²) in [7, 11) is -3.96. The van der Waals surface area contributed by atoms with E-state index in [0.717, 1.165) is 12.1 Å². The van der Waals surface area contributed by atoms with Gasteiger partial charge in [0.25, 0.3) is 10.2 Å². The number of aliphatic imine (C=N–C) groups is 1. The van der Waals surface area contributed by atoms with Gasteiger partial charge in [0.1, 0.15) is 11.4 Å². The second kappa shape index (κ2) is 11.2. The van der Waals surface area contributed by atoms with Crippen LogP contribution in [0.2, 0.25) is 0 Å². The van der Waals surface area contributed by atoms with E-state index in [4.69, 9.17) is 4.99 Å². The molecule has 0 amide bonds. The Kier molecular flexibility index (Phi) is 7.76. The van der Waals surface area contributed by atoms with Gasteiger partial charge in [-0.3, -0.25) is 4.99 Å². The first-order valence-electron chi connectivity index (χ1n) is 13.9. The highest BCUT2D eigenvalue weighted by molar-refractivity contribution is 7.87. The molecule has 0 spiro atoms. The van der Waals surface area contributed by atoms with E-state index in [1.165, 1.54) is 27.9 Å². The summed E-state index contributed by atoms with van der Waals surface area (Å²) in [5.41, 5.74) is 0.568. The first kappa shape index (κ1) is 29.0. The molecular formula is C26H33F2N9O3S2. The van der Waals surface area contributed by atoms with Crippen molar-refractivity contribution in [2.75, 3.05) is 26.2 Å². The number of H-pyrrole nitrogens is 1. The molecule has 1 saturated carbocycles. The Balaban J connectivity index is 1.24. The number of imidazole rings is 1. The van der Waals surface area contributed by atoms with E-state index < -0.39 is 28.4 Å². The zero-order valence-corrected chi connectivity index (χ0v) is 24.8. The topological polar surface area (TPSA) is 145 Å². The fourth-order valence-electron chi connectivity index (χ4n) is 6.37. The highest BCUT2D eigenvalue weighted by atomic mass is 32.2. The fourth-order valence-corrected chi connectivity index (χ4v) is 8.46. The molecule has 1 aliphatic carbocycles. The molecule has 4 unspecified atom stereocenters. The molecule has 1 saturated heterocycles. The van der Waals surface area contributed by atoms with E-state index in [1.807, 2.05) is 17.2 Å². The van der Waals surface area contributed by atoms with Crippen LogP contribution in [0.1, 0.15) is 56.2 Å². The number of amidine groups is 1. The average molecular weight is 622 g/mol. The standard InChI is InChI=1S/C26H33F2N9O3S2/c1-3-35(14-17-5-4-16(2)26(17,38)24-30-7-8-31-24)42(39,40)34-18-12-21-19(20-6-10-37(33-20)25(27)28)13-32-22(36(21)15-18)23-29-9-11-41-23/h6-11,16-18,25,34,38H,3-5,12-15H2,1-2H3,(H,30,31). The van der Waals surface area contributed by atoms with Gasteiger partial charge in [0.2, 0.25) is 0 Å². The zero-order valence-electron chi connectivity index (χ0n) is 23.2. The third-order valence-corrected chi connectivity index (χ3v) is 11.0. The second-order valence-electron chi connectivity index (χ2n) is 10.9. The normalized spacial score (nSPS) is 26.5. The van der Waals surface area contributed by atoms with E-state index in [9.17, 15) is 22.3 Å². The number of halogens is 2. The number of nitrogens with one attached hydrogen (secondary N) is 2. The van der Waals surface area contributed by atoms with Gasteiger partial charge < -0.3 is 15.0 Å². The number of fused-ring (bicyclic) bond motifs is 1. The van der Waals surface area contributed by atoms with Crippen LogP contribution in [0.5, 0.6) is 0 Å². The van der Waals surface area contributed by atoms with Crippen LogP contribution in [0, 0.1) is 11.8 Å². The highest BCUT2D eigenvalue weighted by Crippen LogP contribution is 2.47. The predicted molar refractivity (Wildman–Crippen MR) is 153 cm³/mol. The minimum Gasteiger partial charge on any atom is -0.381 e. The Labute approximate surface area is 246 Å². The molecule has 12 nitrogen and oxygen atoms in total. The van der Waals surface area contributed by atoms with Crippen LogP contribution in [0.15, 0.2) is 46.9 Å². The number of aromatic nitrogens is 5. The lowest BCUT2D eigenvalue weighted by molar-refractivity contribution is -0.0484. The van der Waals surface area contributed by atoms with E-state index >= 15 is 0 Å². The van der Waals surface area contributed by atoms with Gasteiger partial charge in [0, 0.05) is 79.5 Å². The number of nitrogens with zero attached hydrogens (tertiary/aromatic N) is 7. The van der Waals surface area contributed by atoms with Crippen LogP contribution in [0.3, 0.4) is 0 Å². The highest BCUT2D eigenvalue weighted by Gasteiger charge is 2.51. The second-order valence-corrected chi connectivity index (χ2v) is 13.5. The summed E-state index contributed by atoms with van der Waals surface area (Å²) in [6, 6.07) is 1.01. The lowest BCUT2D eigenvalue weighted by atomic mass is 9.84. The molecule has 0 bridgehead atoms. The van der Waals surface area contributed by atoms with Gasteiger partial charge >= 0.3 is 6.55 Å². The fraction of sp³-hybridized carbons (Fsp3) is 0.538. The van der Waals surface area contributed by atoms with Crippen LogP contribution in [0.25, 0.3) is 5.57 Å². The molecule has 42 heavy (non-hydrogen) atoms. The number of hydrogen-bond acceptors (Lipinski definition) is 9. The van der Waals surface area contributed by atoms with Gasteiger partial charge in [-0.05, 0) is 24.8 Å². The molecule has 3 aromatic rings. The van der Waals surface area contributed by atoms with E-state index in [-0.39, 0.29) is 31.5 Å². The van der Waals surface area contributed by atoms with Crippen LogP contribution in [0.4, 0.5) is 8.78 Å². The SMILES string of the molecule is CCN(CC1CCC(C)C1(O)c1ncc[nH]1)S(=O)(=O)NC1CC2=C(c3ccn(C(F)F)n3)CN=C(c3nccs3)N2C1. The molecule has 16 heteroatoms. The molecule has 5 heterocycles. The number of thiazole rings is 1. The zero-order chi connectivity index (χ0) is 29.6. The van der Waals surface area contributed by atoms with Crippen LogP contribution in [-0.4, -0.2) is 85.5 Å². The number of aromatic amines is 1. The summed E-state index contributed by atoms with van der Waals surface area (Å²) in [5, 5.41) is 18.3. The molecule has 226 valence electrons. The van der Waals surface area contributed by atoms with E-state index in [0.29, 0.717) is 52.0 Å². The van der Waals surface area contributed by atoms with Gasteiger partial charge in [-0.1, -0.05) is 13.8 Å². The van der Waals surface area contributed by atoms with Crippen molar-refractivity contribution < 1.29 is 22.3 Å². The van der Waals surface area contributed by atoms with Crippen molar-refractivity contribution in [3.8, 4) is 0 Å². The molecule has 4 atom stereocenters. The van der Waals surface area contributed by atoms with Crippen LogP contribution >= 0.6 is 11.3 Å². The number of alkyl halides is 2. The van der Waals surface area contributed by atoms with Gasteiger partial charge in [-0.25, -0.2) is 14.6 Å². The summed E-state index contributed by atoms with van der Waals surface area (Å²) in [6.45, 7) is 1.82. The Morgan fingerprint density at radius 3 is 2.81 bits per heavy atom. The van der Waals surface area contributed by atoms with Crippen molar-refractivity contribution in [1.82, 2.24) is 38.7 Å². The number of hydrogen-bond donors (Lipinski definition) is 3. The van der Waals surface area contributed by atoms with Crippen molar-refractivity contribution in [3.05, 3.63) is 58.5 Å². The van der Waals surface area contributed by atoms with Crippen molar-refractivity contribution in [3.63, 3.8) is 0 Å². The predicted octanol–water partition coefficient (Wildman–Crippen LogP) is 2.79. The summed E-state index contributed by atoms with van der Waals surface area (Å²) < 4.78 is 58.9. The summed E-state index contributed by atoms with van der Waals surface area (Å²) in [5.74, 6) is 0.646. The van der Waals surface area contributed by atoms with Crippen molar-refractivity contribution >= 4 is 33.0 Å². The smallest absolute Gasteiger partial charge is 0.333 e. The summed E-state index contributed by atoms with van der Waals surface area (Å²) in [6.07, 6.45) is 7.89. The Morgan fingerprint density at radius 1 is 1.31 bits per heavy atom. The van der Waals surface area contributed by atoms with Crippen molar-refractivity contribution in [2.45, 2.75) is 51.3 Å². The number of rotatable bonds is 10. The largest absolute Gasteiger partial charge is 0.381 e. The number of aliphatic hydroxyl groups is 1.